The number of carbonyl (C=O) groups excluding carboxylic acids is 1. The van der Waals surface area contributed by atoms with Gasteiger partial charge in [-0.25, -0.2) is 0 Å². The molecule has 0 fully saturated rings. The number of benzene rings is 3. The molecule has 0 saturated carbocycles. The largest absolute Gasteiger partial charge is 0.369 e. The molecule has 0 saturated heterocycles. The number of nitrogens with two attached hydrogens (primary N) is 1. The molecule has 0 heterocycles. The Morgan fingerprint density at radius 1 is 0.955 bits per heavy atom. The van der Waals surface area contributed by atoms with Crippen LogP contribution in [0.5, 0.6) is 0 Å². The lowest BCUT2D eigenvalue weighted by Gasteiger charge is -2.11. The van der Waals surface area contributed by atoms with E-state index in [1.165, 1.54) is 5.56 Å². The van der Waals surface area contributed by atoms with Crippen LogP contribution >= 0.6 is 0 Å². The van der Waals surface area contributed by atoms with Crippen molar-refractivity contribution < 1.29 is 4.79 Å². The summed E-state index contributed by atoms with van der Waals surface area (Å²) in [7, 11) is 0. The molecule has 0 unspecified atom stereocenters. The second-order valence-electron chi connectivity index (χ2n) is 5.55. The smallest absolute Gasteiger partial charge is 0.221 e. The van der Waals surface area contributed by atoms with Gasteiger partial charge < -0.3 is 5.73 Å². The Labute approximate surface area is 130 Å². The Morgan fingerprint density at radius 3 is 2.41 bits per heavy atom. The van der Waals surface area contributed by atoms with E-state index >= 15 is 0 Å². The SMILES string of the molecule is CCc1ccc2cc(-c3ccccc3)cc(CC(N)=O)c2c1. The zero-order chi connectivity index (χ0) is 15.5. The summed E-state index contributed by atoms with van der Waals surface area (Å²) in [4.78, 5) is 11.4. The molecule has 0 radical (unpaired) electrons. The van der Waals surface area contributed by atoms with E-state index in [4.69, 9.17) is 5.73 Å². The summed E-state index contributed by atoms with van der Waals surface area (Å²) in [6.45, 7) is 2.13. The Kier molecular flexibility index (Phi) is 3.92. The van der Waals surface area contributed by atoms with Gasteiger partial charge in [0.2, 0.25) is 5.91 Å². The average molecular weight is 289 g/mol. The summed E-state index contributed by atoms with van der Waals surface area (Å²) in [5.41, 5.74) is 9.97. The van der Waals surface area contributed by atoms with Gasteiger partial charge in [0.05, 0.1) is 6.42 Å². The maximum Gasteiger partial charge on any atom is 0.221 e. The van der Waals surface area contributed by atoms with Crippen molar-refractivity contribution >= 4 is 16.7 Å². The molecule has 3 aromatic rings. The Hall–Kier alpha value is -2.61. The van der Waals surface area contributed by atoms with Crippen LogP contribution in [0, 0.1) is 0 Å². The van der Waals surface area contributed by atoms with Crippen LogP contribution in [0.1, 0.15) is 18.1 Å². The molecule has 0 aromatic heterocycles. The standard InChI is InChI=1S/C20H19NO/c1-2-14-8-9-16-11-17(15-6-4-3-5-7-15)12-18(13-20(21)22)19(16)10-14/h3-12H,2,13H2,1H3,(H2,21,22). The van der Waals surface area contributed by atoms with Crippen molar-refractivity contribution in [2.75, 3.05) is 0 Å². The molecule has 0 bridgehead atoms. The summed E-state index contributed by atoms with van der Waals surface area (Å²) >= 11 is 0. The Bertz CT molecular complexity index is 822. The lowest BCUT2D eigenvalue weighted by Crippen LogP contribution is -2.14. The average Bonchev–Trinajstić information content (AvgIpc) is 2.54. The molecule has 2 heteroatoms. The van der Waals surface area contributed by atoms with Crippen molar-refractivity contribution in [2.45, 2.75) is 19.8 Å². The minimum Gasteiger partial charge on any atom is -0.369 e. The van der Waals surface area contributed by atoms with Crippen molar-refractivity contribution in [2.24, 2.45) is 5.73 Å². The van der Waals surface area contributed by atoms with Gasteiger partial charge in [-0.15, -0.1) is 0 Å². The minimum atomic E-state index is -0.298. The first-order chi connectivity index (χ1) is 10.7. The van der Waals surface area contributed by atoms with E-state index < -0.39 is 0 Å². The molecule has 0 spiro atoms. The van der Waals surface area contributed by atoms with Gasteiger partial charge in [0, 0.05) is 0 Å². The fourth-order valence-corrected chi connectivity index (χ4v) is 2.83. The lowest BCUT2D eigenvalue weighted by molar-refractivity contribution is -0.117. The number of rotatable bonds is 4. The van der Waals surface area contributed by atoms with Crippen LogP contribution in [0.25, 0.3) is 21.9 Å². The third kappa shape index (κ3) is 2.86. The van der Waals surface area contributed by atoms with Gasteiger partial charge in [0.1, 0.15) is 0 Å². The molecule has 22 heavy (non-hydrogen) atoms. The summed E-state index contributed by atoms with van der Waals surface area (Å²) < 4.78 is 0. The Morgan fingerprint density at radius 2 is 1.73 bits per heavy atom. The molecule has 1 amide bonds. The van der Waals surface area contributed by atoms with Crippen LogP contribution < -0.4 is 5.73 Å². The molecule has 2 N–H and O–H groups in total. The molecule has 0 atom stereocenters. The van der Waals surface area contributed by atoms with Gasteiger partial charge in [-0.2, -0.15) is 0 Å². The lowest BCUT2D eigenvalue weighted by atomic mass is 9.93. The number of hydrogen-bond acceptors (Lipinski definition) is 1. The van der Waals surface area contributed by atoms with Crippen molar-refractivity contribution in [3.8, 4) is 11.1 Å². The highest BCUT2D eigenvalue weighted by molar-refractivity contribution is 5.93. The summed E-state index contributed by atoms with van der Waals surface area (Å²) in [6, 6.07) is 20.9. The monoisotopic (exact) mass is 289 g/mol. The van der Waals surface area contributed by atoms with E-state index in [1.807, 2.05) is 18.2 Å². The Balaban J connectivity index is 2.22. The third-order valence-corrected chi connectivity index (χ3v) is 3.98. The first-order valence-corrected chi connectivity index (χ1v) is 7.56. The third-order valence-electron chi connectivity index (χ3n) is 3.98. The number of carbonyl (C=O) groups is 1. The molecule has 2 nitrogen and oxygen atoms in total. The number of amides is 1. The van der Waals surface area contributed by atoms with Crippen molar-refractivity contribution in [1.82, 2.24) is 0 Å². The first-order valence-electron chi connectivity index (χ1n) is 7.56. The van der Waals surface area contributed by atoms with E-state index in [0.29, 0.717) is 0 Å². The number of aryl methyl sites for hydroxylation is 1. The van der Waals surface area contributed by atoms with E-state index in [9.17, 15) is 4.79 Å². The summed E-state index contributed by atoms with van der Waals surface area (Å²) in [5, 5.41) is 2.27. The first kappa shape index (κ1) is 14.3. The zero-order valence-corrected chi connectivity index (χ0v) is 12.7. The van der Waals surface area contributed by atoms with Gasteiger partial charge in [0.15, 0.2) is 0 Å². The fourth-order valence-electron chi connectivity index (χ4n) is 2.83. The summed E-state index contributed by atoms with van der Waals surface area (Å²) in [6.07, 6.45) is 1.25. The van der Waals surface area contributed by atoms with Gasteiger partial charge >= 0.3 is 0 Å². The zero-order valence-electron chi connectivity index (χ0n) is 12.7. The van der Waals surface area contributed by atoms with Gasteiger partial charge in [-0.1, -0.05) is 55.5 Å². The van der Waals surface area contributed by atoms with E-state index in [0.717, 1.165) is 33.9 Å². The maximum atomic E-state index is 11.4. The van der Waals surface area contributed by atoms with Gasteiger partial charge in [0.25, 0.3) is 0 Å². The highest BCUT2D eigenvalue weighted by Crippen LogP contribution is 2.29. The number of primary amides is 1. The predicted molar refractivity (Wildman–Crippen MR) is 91.7 cm³/mol. The van der Waals surface area contributed by atoms with E-state index in [2.05, 4.69) is 49.4 Å². The molecular formula is C20H19NO. The van der Waals surface area contributed by atoms with Gasteiger partial charge in [-0.3, -0.25) is 4.79 Å². The number of fused-ring (bicyclic) bond motifs is 1. The van der Waals surface area contributed by atoms with Crippen LogP contribution in [0.2, 0.25) is 0 Å². The van der Waals surface area contributed by atoms with Crippen LogP contribution in [0.15, 0.2) is 60.7 Å². The second-order valence-corrected chi connectivity index (χ2v) is 5.55. The fraction of sp³-hybridized carbons (Fsp3) is 0.150. The molecule has 3 rings (SSSR count). The molecule has 0 aliphatic rings. The maximum absolute atomic E-state index is 11.4. The molecule has 0 aliphatic carbocycles. The van der Waals surface area contributed by atoms with Crippen molar-refractivity contribution in [3.63, 3.8) is 0 Å². The van der Waals surface area contributed by atoms with Gasteiger partial charge in [-0.05, 0) is 51.6 Å². The minimum absolute atomic E-state index is 0.268. The van der Waals surface area contributed by atoms with E-state index in [-0.39, 0.29) is 12.3 Å². The normalized spacial score (nSPS) is 10.8. The molecule has 110 valence electrons. The highest BCUT2D eigenvalue weighted by Gasteiger charge is 2.09. The molecule has 0 aliphatic heterocycles. The van der Waals surface area contributed by atoms with Crippen LogP contribution in [-0.4, -0.2) is 5.91 Å². The summed E-state index contributed by atoms with van der Waals surface area (Å²) in [5.74, 6) is -0.298. The molecule has 3 aromatic carbocycles. The second kappa shape index (κ2) is 6.02. The van der Waals surface area contributed by atoms with E-state index in [1.54, 1.807) is 0 Å². The predicted octanol–water partition coefficient (Wildman–Crippen LogP) is 4.10. The highest BCUT2D eigenvalue weighted by atomic mass is 16.1. The van der Waals surface area contributed by atoms with Crippen molar-refractivity contribution in [3.05, 3.63) is 71.8 Å². The van der Waals surface area contributed by atoms with Crippen LogP contribution in [-0.2, 0) is 17.6 Å². The topological polar surface area (TPSA) is 43.1 Å². The van der Waals surface area contributed by atoms with Crippen LogP contribution in [0.3, 0.4) is 0 Å². The quantitative estimate of drug-likeness (QED) is 0.772. The number of hydrogen-bond donors (Lipinski definition) is 1. The van der Waals surface area contributed by atoms with Crippen LogP contribution in [0.4, 0.5) is 0 Å². The van der Waals surface area contributed by atoms with Crippen molar-refractivity contribution in [1.29, 1.82) is 0 Å². The molecular weight excluding hydrogens is 270 g/mol.